The van der Waals surface area contributed by atoms with Crippen LogP contribution in [0.2, 0.25) is 0 Å². The maximum atomic E-state index is 12.8. The molecule has 1 aliphatic heterocycles. The van der Waals surface area contributed by atoms with E-state index >= 15 is 0 Å². The molecule has 3 N–H and O–H groups in total. The largest absolute Gasteiger partial charge is 0.490 e. The van der Waals surface area contributed by atoms with Gasteiger partial charge < -0.3 is 24.7 Å². The highest BCUT2D eigenvalue weighted by Gasteiger charge is 2.38. The minimum Gasteiger partial charge on any atom is -0.475 e. The third-order valence-corrected chi connectivity index (χ3v) is 5.45. The number of hydrogen-bond donors (Lipinski definition) is 3. The lowest BCUT2D eigenvalue weighted by molar-refractivity contribution is -0.192. The molecule has 0 aliphatic carbocycles. The fraction of sp³-hybridized carbons (Fsp3) is 0.409. The number of rotatable bonds is 6. The number of benzene rings is 1. The first-order valence-corrected chi connectivity index (χ1v) is 10.5. The Kier molecular flexibility index (Phi) is 7.94. The molecule has 4 rings (SSSR count). The van der Waals surface area contributed by atoms with E-state index < -0.39 is 12.1 Å². The van der Waals surface area contributed by atoms with Crippen molar-refractivity contribution in [3.05, 3.63) is 53.7 Å². The van der Waals surface area contributed by atoms with E-state index in [1.54, 1.807) is 13.4 Å². The van der Waals surface area contributed by atoms with Crippen molar-refractivity contribution in [1.82, 2.24) is 24.8 Å². The molecule has 3 aromatic rings. The van der Waals surface area contributed by atoms with Gasteiger partial charge in [-0.05, 0) is 17.7 Å². The highest BCUT2D eigenvalue weighted by molar-refractivity contribution is 5.84. The Morgan fingerprint density at radius 1 is 1.32 bits per heavy atom. The summed E-state index contributed by atoms with van der Waals surface area (Å²) in [7, 11) is 3.59. The summed E-state index contributed by atoms with van der Waals surface area (Å²) in [6.45, 7) is 3.23. The Morgan fingerprint density at radius 2 is 2.06 bits per heavy atom. The van der Waals surface area contributed by atoms with E-state index in [1.165, 1.54) is 10.9 Å². The van der Waals surface area contributed by atoms with Gasteiger partial charge in [0.1, 0.15) is 0 Å². The average Bonchev–Trinajstić information content (AvgIpc) is 3.41. The first-order valence-electron chi connectivity index (χ1n) is 10.5. The lowest BCUT2D eigenvalue weighted by atomic mass is 9.96. The molecule has 184 valence electrons. The molecule has 0 saturated carbocycles. The van der Waals surface area contributed by atoms with Gasteiger partial charge in [0, 0.05) is 57.4 Å². The number of imidazole rings is 1. The Hall–Kier alpha value is -3.38. The van der Waals surface area contributed by atoms with E-state index in [0.29, 0.717) is 19.7 Å². The SMILES string of the molecule is COCCNC(=O)C1CN(Cc2cccc3[nH]ccc23)Cc2ncn(C)c21.O=C(O)C(F)(F)F. The monoisotopic (exact) mass is 481 g/mol. The quantitative estimate of drug-likeness (QED) is 0.466. The number of aromatic amines is 1. The van der Waals surface area contributed by atoms with Gasteiger partial charge in [-0.15, -0.1) is 0 Å². The minimum absolute atomic E-state index is 0.0291. The van der Waals surface area contributed by atoms with Crippen molar-refractivity contribution < 1.29 is 32.6 Å². The van der Waals surface area contributed by atoms with E-state index in [9.17, 15) is 18.0 Å². The molecule has 0 fully saturated rings. The number of ether oxygens (including phenoxy) is 1. The lowest BCUT2D eigenvalue weighted by Crippen LogP contribution is -2.42. The predicted octanol–water partition coefficient (Wildman–Crippen LogP) is 2.40. The van der Waals surface area contributed by atoms with Crippen molar-refractivity contribution in [1.29, 1.82) is 0 Å². The number of nitrogens with one attached hydrogen (secondary N) is 2. The number of carbonyl (C=O) groups is 2. The van der Waals surface area contributed by atoms with Gasteiger partial charge in [0.15, 0.2) is 0 Å². The summed E-state index contributed by atoms with van der Waals surface area (Å²) < 4.78 is 38.8. The van der Waals surface area contributed by atoms with E-state index in [4.69, 9.17) is 14.6 Å². The number of carboxylic acid groups (broad SMARTS) is 1. The summed E-state index contributed by atoms with van der Waals surface area (Å²) in [4.78, 5) is 31.8. The lowest BCUT2D eigenvalue weighted by Gasteiger charge is -2.32. The van der Waals surface area contributed by atoms with Crippen LogP contribution in [-0.2, 0) is 34.5 Å². The molecule has 1 unspecified atom stereocenters. The molecule has 1 atom stereocenters. The molecule has 1 aromatic carbocycles. The van der Waals surface area contributed by atoms with Gasteiger partial charge in [-0.3, -0.25) is 9.69 Å². The van der Waals surface area contributed by atoms with Crippen molar-refractivity contribution in [3.8, 4) is 0 Å². The van der Waals surface area contributed by atoms with Gasteiger partial charge in [0.2, 0.25) is 5.91 Å². The Bertz CT molecular complexity index is 1140. The fourth-order valence-electron chi connectivity index (χ4n) is 3.93. The highest BCUT2D eigenvalue weighted by Crippen LogP contribution is 2.29. The molecule has 1 amide bonds. The second-order valence-electron chi connectivity index (χ2n) is 7.85. The molecular formula is C22H26F3N5O4. The van der Waals surface area contributed by atoms with Gasteiger partial charge in [0.05, 0.1) is 30.2 Å². The second-order valence-corrected chi connectivity index (χ2v) is 7.85. The zero-order valence-corrected chi connectivity index (χ0v) is 18.7. The molecule has 2 aromatic heterocycles. The van der Waals surface area contributed by atoms with Crippen molar-refractivity contribution in [2.45, 2.75) is 25.2 Å². The summed E-state index contributed by atoms with van der Waals surface area (Å²) in [5.41, 5.74) is 4.39. The minimum atomic E-state index is -5.08. The van der Waals surface area contributed by atoms with Crippen LogP contribution in [0.15, 0.2) is 36.8 Å². The maximum Gasteiger partial charge on any atom is 0.490 e. The van der Waals surface area contributed by atoms with Crippen LogP contribution in [-0.4, -0.2) is 69.4 Å². The molecule has 0 radical (unpaired) electrons. The van der Waals surface area contributed by atoms with Crippen molar-refractivity contribution in [2.75, 3.05) is 26.8 Å². The third kappa shape index (κ3) is 5.94. The van der Waals surface area contributed by atoms with Crippen LogP contribution in [0.4, 0.5) is 13.2 Å². The Labute approximate surface area is 193 Å². The van der Waals surface area contributed by atoms with E-state index in [-0.39, 0.29) is 11.8 Å². The summed E-state index contributed by atoms with van der Waals surface area (Å²) >= 11 is 0. The average molecular weight is 481 g/mol. The Balaban J connectivity index is 0.000000406. The number of aliphatic carboxylic acids is 1. The van der Waals surface area contributed by atoms with Crippen LogP contribution in [0.25, 0.3) is 10.9 Å². The topological polar surface area (TPSA) is 112 Å². The van der Waals surface area contributed by atoms with Gasteiger partial charge in [-0.1, -0.05) is 12.1 Å². The molecule has 0 saturated heterocycles. The number of carbonyl (C=O) groups excluding carboxylic acids is 1. The predicted molar refractivity (Wildman–Crippen MR) is 117 cm³/mol. The number of nitrogens with zero attached hydrogens (tertiary/aromatic N) is 3. The van der Waals surface area contributed by atoms with Crippen molar-refractivity contribution in [2.24, 2.45) is 7.05 Å². The second kappa shape index (κ2) is 10.7. The summed E-state index contributed by atoms with van der Waals surface area (Å²) in [5, 5.41) is 11.3. The number of methoxy groups -OCH3 is 1. The van der Waals surface area contributed by atoms with Crippen LogP contribution in [0.5, 0.6) is 0 Å². The normalized spacial score (nSPS) is 16.0. The molecule has 12 heteroatoms. The van der Waals surface area contributed by atoms with Crippen molar-refractivity contribution >= 4 is 22.8 Å². The van der Waals surface area contributed by atoms with Crippen LogP contribution in [0.3, 0.4) is 0 Å². The molecule has 0 spiro atoms. The summed E-state index contributed by atoms with van der Waals surface area (Å²) in [6, 6.07) is 8.41. The smallest absolute Gasteiger partial charge is 0.475 e. The van der Waals surface area contributed by atoms with Crippen LogP contribution < -0.4 is 5.32 Å². The number of fused-ring (bicyclic) bond motifs is 2. The molecule has 1 aliphatic rings. The number of amides is 1. The molecule has 0 bridgehead atoms. The van der Waals surface area contributed by atoms with Crippen LogP contribution in [0, 0.1) is 0 Å². The molecule has 3 heterocycles. The number of alkyl halides is 3. The maximum absolute atomic E-state index is 12.8. The number of aromatic nitrogens is 3. The van der Waals surface area contributed by atoms with Crippen LogP contribution >= 0.6 is 0 Å². The van der Waals surface area contributed by atoms with E-state index in [2.05, 4.69) is 44.5 Å². The summed E-state index contributed by atoms with van der Waals surface area (Å²) in [5.74, 6) is -2.96. The Morgan fingerprint density at radius 3 is 2.74 bits per heavy atom. The van der Waals surface area contributed by atoms with Crippen molar-refractivity contribution in [3.63, 3.8) is 0 Å². The number of halogens is 3. The van der Waals surface area contributed by atoms with E-state index in [1.807, 2.05) is 17.8 Å². The molecule has 9 nitrogen and oxygen atoms in total. The number of aryl methyl sites for hydroxylation is 1. The van der Waals surface area contributed by atoms with Gasteiger partial charge in [0.25, 0.3) is 0 Å². The number of H-pyrrole nitrogens is 1. The van der Waals surface area contributed by atoms with Gasteiger partial charge in [-0.25, -0.2) is 9.78 Å². The molecular weight excluding hydrogens is 455 g/mol. The standard InChI is InChI=1S/C20H25N5O2.C2HF3O2/c1-24-13-23-18-12-25(10-14-4-3-5-17-15(14)6-7-21-17)11-16(19(18)24)20(26)22-8-9-27-2;3-2(4,5)1(6)7/h3-7,13,16,21H,8-12H2,1-2H3,(H,22,26);(H,6,7). The first kappa shape index (κ1) is 25.2. The zero-order chi connectivity index (χ0) is 24.9. The fourth-order valence-corrected chi connectivity index (χ4v) is 3.93. The van der Waals surface area contributed by atoms with E-state index in [0.717, 1.165) is 30.0 Å². The number of carboxylic acids is 1. The number of hydrogen-bond acceptors (Lipinski definition) is 5. The zero-order valence-electron chi connectivity index (χ0n) is 18.7. The molecule has 34 heavy (non-hydrogen) atoms. The third-order valence-electron chi connectivity index (χ3n) is 5.45. The highest BCUT2D eigenvalue weighted by atomic mass is 19.4. The first-order chi connectivity index (χ1) is 16.1. The summed E-state index contributed by atoms with van der Waals surface area (Å²) in [6.07, 6.45) is -1.32. The van der Waals surface area contributed by atoms with Gasteiger partial charge >= 0.3 is 12.1 Å². The van der Waals surface area contributed by atoms with Crippen LogP contribution in [0.1, 0.15) is 22.9 Å². The van der Waals surface area contributed by atoms with Gasteiger partial charge in [-0.2, -0.15) is 13.2 Å².